The Morgan fingerprint density at radius 1 is 1.14 bits per heavy atom. The molecule has 1 amide bonds. The molecule has 0 fully saturated rings. The van der Waals surface area contributed by atoms with E-state index < -0.39 is 4.92 Å². The fraction of sp³-hybridized carbons (Fsp3) is 0.240. The van der Waals surface area contributed by atoms with E-state index in [9.17, 15) is 14.9 Å². The highest BCUT2D eigenvalue weighted by molar-refractivity contribution is 7.99. The number of amides is 1. The van der Waals surface area contributed by atoms with Crippen molar-refractivity contribution in [1.82, 2.24) is 14.8 Å². The molecule has 1 heterocycles. The maximum Gasteiger partial charge on any atom is 0.271 e. The third kappa shape index (κ3) is 5.43. The Balaban J connectivity index is 1.40. The molecule has 10 heteroatoms. The lowest BCUT2D eigenvalue weighted by Crippen LogP contribution is -2.16. The maximum atomic E-state index is 12.5. The van der Waals surface area contributed by atoms with Gasteiger partial charge in [-0.05, 0) is 48.7 Å². The first-order valence-electron chi connectivity index (χ1n) is 11.1. The van der Waals surface area contributed by atoms with Crippen molar-refractivity contribution in [1.29, 1.82) is 0 Å². The minimum Gasteiger partial charge on any atom is -0.485 e. The summed E-state index contributed by atoms with van der Waals surface area (Å²) in [5.74, 6) is 1.26. The normalized spacial score (nSPS) is 10.9. The van der Waals surface area contributed by atoms with Crippen molar-refractivity contribution in [3.63, 3.8) is 0 Å². The Kier molecular flexibility index (Phi) is 7.31. The van der Waals surface area contributed by atoms with Crippen molar-refractivity contribution < 1.29 is 14.5 Å². The number of carbonyl (C=O) groups is 1. The van der Waals surface area contributed by atoms with E-state index in [0.717, 1.165) is 27.6 Å². The predicted molar refractivity (Wildman–Crippen MR) is 136 cm³/mol. The first-order valence-corrected chi connectivity index (χ1v) is 12.1. The summed E-state index contributed by atoms with van der Waals surface area (Å²) in [5, 5.41) is 25.2. The van der Waals surface area contributed by atoms with E-state index in [2.05, 4.69) is 27.6 Å². The molecule has 1 N–H and O–H groups in total. The fourth-order valence-corrected chi connectivity index (χ4v) is 4.55. The van der Waals surface area contributed by atoms with Crippen LogP contribution in [-0.2, 0) is 17.9 Å². The minimum absolute atomic E-state index is 0.0735. The van der Waals surface area contributed by atoms with Gasteiger partial charge in [-0.2, -0.15) is 0 Å². The van der Waals surface area contributed by atoms with Crippen LogP contribution in [0.4, 0.5) is 11.4 Å². The third-order valence-corrected chi connectivity index (χ3v) is 6.62. The Hall–Kier alpha value is -3.92. The van der Waals surface area contributed by atoms with Gasteiger partial charge in [0.25, 0.3) is 5.69 Å². The van der Waals surface area contributed by atoms with Gasteiger partial charge in [-0.1, -0.05) is 48.2 Å². The molecule has 9 nitrogen and oxygen atoms in total. The van der Waals surface area contributed by atoms with Crippen molar-refractivity contribution in [2.75, 3.05) is 11.1 Å². The van der Waals surface area contributed by atoms with Crippen molar-refractivity contribution in [2.45, 2.75) is 39.1 Å². The molecule has 0 saturated carbocycles. The molecule has 1 aromatic heterocycles. The number of non-ortho nitro benzene ring substituents is 1. The van der Waals surface area contributed by atoms with Crippen LogP contribution in [0.1, 0.15) is 23.9 Å². The number of nitrogens with zero attached hydrogens (tertiary/aromatic N) is 4. The molecule has 0 saturated heterocycles. The van der Waals surface area contributed by atoms with E-state index in [1.165, 1.54) is 23.9 Å². The van der Waals surface area contributed by atoms with E-state index in [4.69, 9.17) is 4.74 Å². The van der Waals surface area contributed by atoms with Crippen molar-refractivity contribution in [2.24, 2.45) is 0 Å². The molecule has 0 aliphatic carbocycles. The number of hydrogen-bond acceptors (Lipinski definition) is 7. The number of aromatic nitrogens is 3. The van der Waals surface area contributed by atoms with Gasteiger partial charge >= 0.3 is 0 Å². The Labute approximate surface area is 206 Å². The first kappa shape index (κ1) is 24.2. The average Bonchev–Trinajstić information content (AvgIpc) is 3.25. The van der Waals surface area contributed by atoms with Crippen LogP contribution in [0.5, 0.6) is 5.75 Å². The summed E-state index contributed by atoms with van der Waals surface area (Å²) in [6.07, 6.45) is 0. The molecule has 0 unspecified atom stereocenters. The quantitative estimate of drug-likeness (QED) is 0.192. The van der Waals surface area contributed by atoms with Crippen LogP contribution in [-0.4, -0.2) is 31.3 Å². The number of fused-ring (bicyclic) bond motifs is 1. The largest absolute Gasteiger partial charge is 0.485 e. The number of nitro groups is 1. The Bertz CT molecular complexity index is 1400. The number of aryl methyl sites for hydroxylation is 2. The van der Waals surface area contributed by atoms with Crippen molar-refractivity contribution in [3.05, 3.63) is 81.7 Å². The molecule has 3 aromatic carbocycles. The van der Waals surface area contributed by atoms with E-state index >= 15 is 0 Å². The SMILES string of the molecule is CCn1c(COc2ccc3ccccc3c2C)nnc1SCC(=O)Nc1cc([N+](=O)[O-])ccc1C. The van der Waals surface area contributed by atoms with Crippen molar-refractivity contribution in [3.8, 4) is 5.75 Å². The number of nitrogens with one attached hydrogen (secondary N) is 1. The number of benzene rings is 3. The number of thioether (sulfide) groups is 1. The monoisotopic (exact) mass is 491 g/mol. The summed E-state index contributed by atoms with van der Waals surface area (Å²) in [6, 6.07) is 16.5. The minimum atomic E-state index is -0.490. The standard InChI is InChI=1S/C25H25N5O4S/c1-4-29-23(14-34-22-12-10-18-7-5-6-8-20(18)17(22)3)27-28-25(29)35-15-24(31)26-21-13-19(30(32)33)11-9-16(21)2/h5-13H,4,14-15H2,1-3H3,(H,26,31). The molecule has 35 heavy (non-hydrogen) atoms. The number of nitro benzene ring substituents is 1. The number of ether oxygens (including phenoxy) is 1. The molecule has 4 aromatic rings. The van der Waals surface area contributed by atoms with Gasteiger partial charge in [0.1, 0.15) is 12.4 Å². The summed E-state index contributed by atoms with van der Waals surface area (Å²) >= 11 is 1.25. The molecule has 0 spiro atoms. The summed E-state index contributed by atoms with van der Waals surface area (Å²) in [6.45, 7) is 6.66. The fourth-order valence-electron chi connectivity index (χ4n) is 3.73. The van der Waals surface area contributed by atoms with E-state index in [-0.39, 0.29) is 24.0 Å². The molecule has 0 aliphatic heterocycles. The molecule has 0 bridgehead atoms. The first-order chi connectivity index (χ1) is 16.9. The lowest BCUT2D eigenvalue weighted by atomic mass is 10.0. The van der Waals surface area contributed by atoms with Gasteiger partial charge in [-0.15, -0.1) is 10.2 Å². The van der Waals surface area contributed by atoms with E-state index in [0.29, 0.717) is 23.2 Å². The molecule has 4 rings (SSSR count). The van der Waals surface area contributed by atoms with Crippen LogP contribution in [0, 0.1) is 24.0 Å². The number of carbonyl (C=O) groups excluding carboxylic acids is 1. The Morgan fingerprint density at radius 2 is 1.94 bits per heavy atom. The van der Waals surface area contributed by atoms with Gasteiger partial charge in [0.2, 0.25) is 5.91 Å². The van der Waals surface area contributed by atoms with Gasteiger partial charge in [0, 0.05) is 18.7 Å². The number of anilines is 1. The maximum absolute atomic E-state index is 12.5. The van der Waals surface area contributed by atoms with Gasteiger partial charge in [0.05, 0.1) is 16.4 Å². The van der Waals surface area contributed by atoms with E-state index in [1.807, 2.05) is 42.7 Å². The Morgan fingerprint density at radius 3 is 2.71 bits per heavy atom. The van der Waals surface area contributed by atoms with Gasteiger partial charge in [0.15, 0.2) is 11.0 Å². The number of hydrogen-bond donors (Lipinski definition) is 1. The highest BCUT2D eigenvalue weighted by Crippen LogP contribution is 2.28. The second-order valence-electron chi connectivity index (χ2n) is 7.93. The van der Waals surface area contributed by atoms with Crippen LogP contribution in [0.3, 0.4) is 0 Å². The third-order valence-electron chi connectivity index (χ3n) is 5.65. The highest BCUT2D eigenvalue weighted by Gasteiger charge is 2.16. The second kappa shape index (κ2) is 10.6. The zero-order valence-corrected chi connectivity index (χ0v) is 20.5. The summed E-state index contributed by atoms with van der Waals surface area (Å²) in [4.78, 5) is 23.0. The zero-order valence-electron chi connectivity index (χ0n) is 19.6. The molecule has 0 atom stereocenters. The van der Waals surface area contributed by atoms with Crippen LogP contribution < -0.4 is 10.1 Å². The molecular weight excluding hydrogens is 466 g/mol. The van der Waals surface area contributed by atoms with Crippen molar-refractivity contribution >= 4 is 39.8 Å². The lowest BCUT2D eigenvalue weighted by molar-refractivity contribution is -0.384. The molecular formula is C25H25N5O4S. The topological polar surface area (TPSA) is 112 Å². The van der Waals surface area contributed by atoms with Gasteiger partial charge in [-0.3, -0.25) is 14.9 Å². The van der Waals surface area contributed by atoms with Gasteiger partial charge < -0.3 is 14.6 Å². The van der Waals surface area contributed by atoms with Crippen LogP contribution in [0.15, 0.2) is 59.8 Å². The second-order valence-corrected chi connectivity index (χ2v) is 8.88. The van der Waals surface area contributed by atoms with Gasteiger partial charge in [-0.25, -0.2) is 0 Å². The number of rotatable bonds is 9. The highest BCUT2D eigenvalue weighted by atomic mass is 32.2. The molecule has 180 valence electrons. The smallest absolute Gasteiger partial charge is 0.271 e. The average molecular weight is 492 g/mol. The summed E-state index contributed by atoms with van der Waals surface area (Å²) in [7, 11) is 0. The summed E-state index contributed by atoms with van der Waals surface area (Å²) in [5.41, 5.74) is 2.15. The molecule has 0 aliphatic rings. The zero-order chi connectivity index (χ0) is 24.9. The van der Waals surface area contributed by atoms with Crippen LogP contribution in [0.2, 0.25) is 0 Å². The predicted octanol–water partition coefficient (Wildman–Crippen LogP) is 5.29. The van der Waals surface area contributed by atoms with E-state index in [1.54, 1.807) is 13.0 Å². The lowest BCUT2D eigenvalue weighted by Gasteiger charge is -2.12. The molecule has 0 radical (unpaired) electrons. The van der Waals surface area contributed by atoms with Crippen LogP contribution in [0.25, 0.3) is 10.8 Å². The van der Waals surface area contributed by atoms with Crippen LogP contribution >= 0.6 is 11.8 Å². The summed E-state index contributed by atoms with van der Waals surface area (Å²) < 4.78 is 7.98.